The fourth-order valence-corrected chi connectivity index (χ4v) is 2.22. The summed E-state index contributed by atoms with van der Waals surface area (Å²) in [5, 5.41) is 0. The van der Waals surface area contributed by atoms with Crippen molar-refractivity contribution in [3.8, 4) is 22.3 Å². The Bertz CT molecular complexity index is 495. The van der Waals surface area contributed by atoms with Crippen LogP contribution in [-0.4, -0.2) is 0 Å². The second-order valence-electron chi connectivity index (χ2n) is 3.64. The van der Waals surface area contributed by atoms with Gasteiger partial charge in [0.2, 0.25) is 0 Å². The third kappa shape index (κ3) is 0.832. The molecule has 0 N–H and O–H groups in total. The van der Waals surface area contributed by atoms with E-state index in [1.54, 1.807) is 0 Å². The Morgan fingerprint density at radius 1 is 0.786 bits per heavy atom. The van der Waals surface area contributed by atoms with E-state index >= 15 is 0 Å². The lowest BCUT2D eigenvalue weighted by molar-refractivity contribution is 1.26. The minimum absolute atomic E-state index is 0.873. The summed E-state index contributed by atoms with van der Waals surface area (Å²) in [7, 11) is 0. The molecule has 0 aromatic heterocycles. The van der Waals surface area contributed by atoms with Gasteiger partial charge in [0.1, 0.15) is 0 Å². The molecule has 0 atom stereocenters. The second kappa shape index (κ2) is 2.71. The summed E-state index contributed by atoms with van der Waals surface area (Å²) in [5.41, 5.74) is 6.95. The van der Waals surface area contributed by atoms with Gasteiger partial charge in [-0.05, 0) is 41.2 Å². The highest BCUT2D eigenvalue weighted by atomic mass is 14.3. The van der Waals surface area contributed by atoms with Crippen molar-refractivity contribution in [2.45, 2.75) is 6.42 Å². The van der Waals surface area contributed by atoms with Gasteiger partial charge in [0, 0.05) is 0 Å². The van der Waals surface area contributed by atoms with Crippen molar-refractivity contribution in [1.29, 1.82) is 0 Å². The Balaban J connectivity index is 2.28. The topological polar surface area (TPSA) is 0 Å². The standard InChI is InChI=1S/C14H11/c1-2-10-6-5-9-13-11-7-3-4-8-12(11)14(10)13/h3-9H,1-2H2. The summed E-state index contributed by atoms with van der Waals surface area (Å²) < 4.78 is 0. The maximum Gasteiger partial charge on any atom is -0.00669 e. The summed E-state index contributed by atoms with van der Waals surface area (Å²) in [6.07, 6.45) is 0.873. The van der Waals surface area contributed by atoms with Gasteiger partial charge in [0.25, 0.3) is 0 Å². The molecular weight excluding hydrogens is 168 g/mol. The normalized spacial score (nSPS) is 11.5. The molecule has 67 valence electrons. The number of rotatable bonds is 1. The highest BCUT2D eigenvalue weighted by Gasteiger charge is 2.22. The zero-order chi connectivity index (χ0) is 9.54. The largest absolute Gasteiger partial charge is 0.0616 e. The third-order valence-electron chi connectivity index (χ3n) is 2.91. The molecule has 0 heterocycles. The molecule has 3 rings (SSSR count). The van der Waals surface area contributed by atoms with Gasteiger partial charge in [-0.25, -0.2) is 0 Å². The molecule has 0 unspecified atom stereocenters. The fraction of sp³-hybridized carbons (Fsp3) is 0.0714. The predicted molar refractivity (Wildman–Crippen MR) is 59.9 cm³/mol. The van der Waals surface area contributed by atoms with Crippen molar-refractivity contribution in [2.24, 2.45) is 0 Å². The lowest BCUT2D eigenvalue weighted by Crippen LogP contribution is -2.01. The second-order valence-corrected chi connectivity index (χ2v) is 3.64. The number of hydrogen-bond donors (Lipinski definition) is 0. The van der Waals surface area contributed by atoms with Crippen LogP contribution in [0.3, 0.4) is 0 Å². The molecule has 0 fully saturated rings. The first-order valence-electron chi connectivity index (χ1n) is 4.92. The smallest absolute Gasteiger partial charge is 0.00669 e. The van der Waals surface area contributed by atoms with Crippen LogP contribution in [0.4, 0.5) is 0 Å². The molecule has 14 heavy (non-hydrogen) atoms. The first-order valence-corrected chi connectivity index (χ1v) is 4.92. The zero-order valence-corrected chi connectivity index (χ0v) is 7.96. The van der Waals surface area contributed by atoms with Gasteiger partial charge in [0.15, 0.2) is 0 Å². The minimum atomic E-state index is 0.873. The minimum Gasteiger partial charge on any atom is -0.0616 e. The molecule has 2 aromatic carbocycles. The van der Waals surface area contributed by atoms with Gasteiger partial charge >= 0.3 is 0 Å². The molecule has 1 aliphatic rings. The number of hydrogen-bond acceptors (Lipinski definition) is 0. The molecule has 0 amide bonds. The van der Waals surface area contributed by atoms with Crippen LogP contribution >= 0.6 is 0 Å². The molecule has 0 heteroatoms. The Kier molecular flexibility index (Phi) is 1.51. The quantitative estimate of drug-likeness (QED) is 0.534. The highest BCUT2D eigenvalue weighted by molar-refractivity contribution is 6.03. The van der Waals surface area contributed by atoms with E-state index in [1.165, 1.54) is 27.8 Å². The monoisotopic (exact) mass is 179 g/mol. The van der Waals surface area contributed by atoms with Crippen molar-refractivity contribution < 1.29 is 0 Å². The average molecular weight is 179 g/mol. The van der Waals surface area contributed by atoms with Crippen molar-refractivity contribution in [1.82, 2.24) is 0 Å². The summed E-state index contributed by atoms with van der Waals surface area (Å²) in [6.45, 7) is 3.96. The summed E-state index contributed by atoms with van der Waals surface area (Å²) in [5.74, 6) is 0. The molecule has 1 radical (unpaired) electrons. The van der Waals surface area contributed by atoms with E-state index in [4.69, 9.17) is 0 Å². The Morgan fingerprint density at radius 2 is 1.50 bits per heavy atom. The van der Waals surface area contributed by atoms with E-state index in [-0.39, 0.29) is 0 Å². The molecule has 2 aromatic rings. The number of benzene rings is 2. The third-order valence-corrected chi connectivity index (χ3v) is 2.91. The van der Waals surface area contributed by atoms with Crippen LogP contribution in [0.15, 0.2) is 42.5 Å². The van der Waals surface area contributed by atoms with Crippen LogP contribution in [0, 0.1) is 6.92 Å². The summed E-state index contributed by atoms with van der Waals surface area (Å²) in [4.78, 5) is 0. The maximum absolute atomic E-state index is 3.96. The Hall–Kier alpha value is -1.56. The average Bonchev–Trinajstić information content (AvgIpc) is 2.24. The van der Waals surface area contributed by atoms with Crippen LogP contribution in [0.2, 0.25) is 0 Å². The van der Waals surface area contributed by atoms with Crippen LogP contribution in [-0.2, 0) is 6.42 Å². The molecule has 0 bridgehead atoms. The van der Waals surface area contributed by atoms with Gasteiger partial charge in [-0.2, -0.15) is 0 Å². The SMILES string of the molecule is [CH2]Cc1cccc2c1-c1ccccc1-2. The zero-order valence-electron chi connectivity index (χ0n) is 7.96. The molecule has 0 nitrogen and oxygen atoms in total. The molecule has 0 saturated heterocycles. The van der Waals surface area contributed by atoms with E-state index in [0.717, 1.165) is 6.42 Å². The van der Waals surface area contributed by atoms with Crippen molar-refractivity contribution in [3.63, 3.8) is 0 Å². The predicted octanol–water partition coefficient (Wildman–Crippen LogP) is 3.71. The van der Waals surface area contributed by atoms with Crippen LogP contribution in [0.5, 0.6) is 0 Å². The number of fused-ring (bicyclic) bond motifs is 4. The van der Waals surface area contributed by atoms with E-state index in [0.29, 0.717) is 0 Å². The summed E-state index contributed by atoms with van der Waals surface area (Å²) >= 11 is 0. The lowest BCUT2D eigenvalue weighted by atomic mass is 9.77. The van der Waals surface area contributed by atoms with E-state index in [9.17, 15) is 0 Å². The van der Waals surface area contributed by atoms with Gasteiger partial charge in [-0.1, -0.05) is 42.5 Å². The Labute approximate surface area is 84.2 Å². The maximum atomic E-state index is 3.96. The van der Waals surface area contributed by atoms with Gasteiger partial charge in [-0.3, -0.25) is 0 Å². The van der Waals surface area contributed by atoms with Crippen molar-refractivity contribution >= 4 is 0 Å². The molecule has 0 aliphatic heterocycles. The van der Waals surface area contributed by atoms with Gasteiger partial charge < -0.3 is 0 Å². The first kappa shape index (κ1) is 7.81. The van der Waals surface area contributed by atoms with Crippen molar-refractivity contribution in [3.05, 3.63) is 55.0 Å². The van der Waals surface area contributed by atoms with Crippen LogP contribution in [0.1, 0.15) is 5.56 Å². The molecular formula is C14H11. The van der Waals surface area contributed by atoms with E-state index in [2.05, 4.69) is 49.4 Å². The van der Waals surface area contributed by atoms with Crippen LogP contribution in [0.25, 0.3) is 22.3 Å². The Morgan fingerprint density at radius 3 is 2.29 bits per heavy atom. The van der Waals surface area contributed by atoms with Crippen molar-refractivity contribution in [2.75, 3.05) is 0 Å². The fourth-order valence-electron chi connectivity index (χ4n) is 2.22. The van der Waals surface area contributed by atoms with E-state index < -0.39 is 0 Å². The van der Waals surface area contributed by atoms with Gasteiger partial charge in [0.05, 0.1) is 0 Å². The summed E-state index contributed by atoms with van der Waals surface area (Å²) in [6, 6.07) is 15.1. The van der Waals surface area contributed by atoms with E-state index in [1.807, 2.05) is 0 Å². The first-order chi connectivity index (χ1) is 6.92. The highest BCUT2D eigenvalue weighted by Crippen LogP contribution is 2.48. The van der Waals surface area contributed by atoms with Crippen LogP contribution < -0.4 is 0 Å². The molecule has 0 spiro atoms. The molecule has 1 aliphatic carbocycles. The molecule has 0 saturated carbocycles. The lowest BCUT2D eigenvalue weighted by Gasteiger charge is -2.26. The van der Waals surface area contributed by atoms with Gasteiger partial charge in [-0.15, -0.1) is 0 Å².